The summed E-state index contributed by atoms with van der Waals surface area (Å²) < 4.78 is 0. The number of benzene rings is 1. The zero-order valence-corrected chi connectivity index (χ0v) is 12.6. The lowest BCUT2D eigenvalue weighted by molar-refractivity contribution is 0.250. The van der Waals surface area contributed by atoms with Gasteiger partial charge in [-0.2, -0.15) is 0 Å². The fourth-order valence-electron chi connectivity index (χ4n) is 3.11. The Labute approximate surface area is 118 Å². The average Bonchev–Trinajstić information content (AvgIpc) is 2.93. The topological polar surface area (TPSA) is 15.3 Å². The van der Waals surface area contributed by atoms with Crippen molar-refractivity contribution in [2.45, 2.75) is 38.6 Å². The molecule has 1 fully saturated rings. The summed E-state index contributed by atoms with van der Waals surface area (Å²) in [5, 5.41) is 3.49. The van der Waals surface area contributed by atoms with Crippen molar-refractivity contribution in [1.29, 1.82) is 0 Å². The number of likely N-dealkylation sites (tertiary alicyclic amines) is 1. The quantitative estimate of drug-likeness (QED) is 0.845. The maximum absolute atomic E-state index is 3.49. The van der Waals surface area contributed by atoms with E-state index in [1.165, 1.54) is 38.0 Å². The standard InChI is InChI=1S/C17H28N2/c1-4-14(2)17(18-3)13-19-11-10-16(12-19)15-8-6-5-7-9-15/h5-9,14,16-18H,4,10-13H2,1-3H3. The number of rotatable bonds is 6. The van der Waals surface area contributed by atoms with Crippen molar-refractivity contribution in [2.75, 3.05) is 26.7 Å². The second kappa shape index (κ2) is 7.06. The van der Waals surface area contributed by atoms with Gasteiger partial charge >= 0.3 is 0 Å². The molecular weight excluding hydrogens is 232 g/mol. The Kier molecular flexibility index (Phi) is 5.41. The molecule has 19 heavy (non-hydrogen) atoms. The van der Waals surface area contributed by atoms with Crippen molar-refractivity contribution in [1.82, 2.24) is 10.2 Å². The Hall–Kier alpha value is -0.860. The van der Waals surface area contributed by atoms with Gasteiger partial charge in [-0.3, -0.25) is 0 Å². The van der Waals surface area contributed by atoms with Crippen LogP contribution in [-0.2, 0) is 0 Å². The Morgan fingerprint density at radius 1 is 1.32 bits per heavy atom. The van der Waals surface area contributed by atoms with Crippen LogP contribution in [0.15, 0.2) is 30.3 Å². The second-order valence-corrected chi connectivity index (χ2v) is 5.94. The molecule has 2 heteroatoms. The summed E-state index contributed by atoms with van der Waals surface area (Å²) in [6.07, 6.45) is 2.56. The minimum atomic E-state index is 0.625. The molecule has 1 aliphatic heterocycles. The van der Waals surface area contributed by atoms with E-state index in [9.17, 15) is 0 Å². The molecule has 3 atom stereocenters. The first-order chi connectivity index (χ1) is 9.24. The molecule has 2 rings (SSSR count). The van der Waals surface area contributed by atoms with Crippen LogP contribution in [0, 0.1) is 5.92 Å². The number of nitrogens with one attached hydrogen (secondary N) is 1. The first kappa shape index (κ1) is 14.5. The fourth-order valence-corrected chi connectivity index (χ4v) is 3.11. The molecule has 2 nitrogen and oxygen atoms in total. The van der Waals surface area contributed by atoms with Gasteiger partial charge in [0.15, 0.2) is 0 Å². The Morgan fingerprint density at radius 2 is 2.05 bits per heavy atom. The Balaban J connectivity index is 1.88. The molecule has 0 aliphatic carbocycles. The lowest BCUT2D eigenvalue weighted by Gasteiger charge is -2.27. The van der Waals surface area contributed by atoms with Crippen LogP contribution in [0.4, 0.5) is 0 Å². The molecule has 1 aromatic rings. The van der Waals surface area contributed by atoms with E-state index in [1.807, 2.05) is 0 Å². The molecule has 1 aliphatic rings. The van der Waals surface area contributed by atoms with Gasteiger partial charge in [-0.15, -0.1) is 0 Å². The monoisotopic (exact) mass is 260 g/mol. The number of likely N-dealkylation sites (N-methyl/N-ethyl adjacent to an activating group) is 1. The summed E-state index contributed by atoms with van der Waals surface area (Å²) in [5.74, 6) is 1.48. The van der Waals surface area contributed by atoms with Gasteiger partial charge in [0.05, 0.1) is 0 Å². The second-order valence-electron chi connectivity index (χ2n) is 5.94. The van der Waals surface area contributed by atoms with E-state index in [-0.39, 0.29) is 0 Å². The third-order valence-corrected chi connectivity index (χ3v) is 4.70. The molecule has 1 saturated heterocycles. The van der Waals surface area contributed by atoms with Gasteiger partial charge in [-0.1, -0.05) is 50.6 Å². The van der Waals surface area contributed by atoms with Gasteiger partial charge in [0.25, 0.3) is 0 Å². The third-order valence-electron chi connectivity index (χ3n) is 4.70. The van der Waals surface area contributed by atoms with Crippen LogP contribution in [0.25, 0.3) is 0 Å². The van der Waals surface area contributed by atoms with Gasteiger partial charge in [-0.05, 0) is 37.4 Å². The number of nitrogens with zero attached hydrogens (tertiary/aromatic N) is 1. The molecule has 1 aromatic carbocycles. The van der Waals surface area contributed by atoms with Crippen LogP contribution in [0.3, 0.4) is 0 Å². The normalized spacial score (nSPS) is 23.4. The molecule has 0 saturated carbocycles. The summed E-state index contributed by atoms with van der Waals surface area (Å²) >= 11 is 0. The fraction of sp³-hybridized carbons (Fsp3) is 0.647. The van der Waals surface area contributed by atoms with E-state index in [1.54, 1.807) is 0 Å². The highest BCUT2D eigenvalue weighted by molar-refractivity contribution is 5.21. The van der Waals surface area contributed by atoms with Crippen molar-refractivity contribution < 1.29 is 0 Å². The number of hydrogen-bond donors (Lipinski definition) is 1. The lowest BCUT2D eigenvalue weighted by atomic mass is 9.98. The molecule has 0 radical (unpaired) electrons. The predicted octanol–water partition coefficient (Wildman–Crippen LogP) is 3.11. The lowest BCUT2D eigenvalue weighted by Crippen LogP contribution is -2.42. The molecule has 106 valence electrons. The van der Waals surface area contributed by atoms with E-state index >= 15 is 0 Å². The Bertz CT molecular complexity index is 363. The van der Waals surface area contributed by atoms with Crippen LogP contribution in [0.1, 0.15) is 38.2 Å². The highest BCUT2D eigenvalue weighted by atomic mass is 15.2. The van der Waals surface area contributed by atoms with Crippen LogP contribution in [0.5, 0.6) is 0 Å². The van der Waals surface area contributed by atoms with Gasteiger partial charge in [-0.25, -0.2) is 0 Å². The average molecular weight is 260 g/mol. The summed E-state index contributed by atoms with van der Waals surface area (Å²) in [6.45, 7) is 8.29. The molecular formula is C17H28N2. The van der Waals surface area contributed by atoms with E-state index in [2.05, 4.69) is 61.4 Å². The highest BCUT2D eigenvalue weighted by Gasteiger charge is 2.26. The number of hydrogen-bond acceptors (Lipinski definition) is 2. The van der Waals surface area contributed by atoms with Crippen molar-refractivity contribution in [2.24, 2.45) is 5.92 Å². The van der Waals surface area contributed by atoms with Gasteiger partial charge in [0.2, 0.25) is 0 Å². The molecule has 0 amide bonds. The molecule has 1 heterocycles. The summed E-state index contributed by atoms with van der Waals surface area (Å²) in [5.41, 5.74) is 1.51. The minimum Gasteiger partial charge on any atom is -0.315 e. The van der Waals surface area contributed by atoms with Crippen LogP contribution < -0.4 is 5.32 Å². The SMILES string of the molecule is CCC(C)C(CN1CCC(c2ccccc2)C1)NC. The summed E-state index contributed by atoms with van der Waals surface area (Å²) in [4.78, 5) is 2.63. The van der Waals surface area contributed by atoms with Gasteiger partial charge < -0.3 is 10.2 Å². The maximum Gasteiger partial charge on any atom is 0.0217 e. The summed E-state index contributed by atoms with van der Waals surface area (Å²) in [7, 11) is 2.10. The van der Waals surface area contributed by atoms with Crippen molar-refractivity contribution >= 4 is 0 Å². The largest absolute Gasteiger partial charge is 0.315 e. The molecule has 0 aromatic heterocycles. The summed E-state index contributed by atoms with van der Waals surface area (Å²) in [6, 6.07) is 11.6. The maximum atomic E-state index is 3.49. The van der Waals surface area contributed by atoms with E-state index in [4.69, 9.17) is 0 Å². The van der Waals surface area contributed by atoms with Crippen molar-refractivity contribution in [3.63, 3.8) is 0 Å². The minimum absolute atomic E-state index is 0.625. The highest BCUT2D eigenvalue weighted by Crippen LogP contribution is 2.27. The van der Waals surface area contributed by atoms with Crippen LogP contribution >= 0.6 is 0 Å². The zero-order chi connectivity index (χ0) is 13.7. The Morgan fingerprint density at radius 3 is 2.68 bits per heavy atom. The van der Waals surface area contributed by atoms with Crippen LogP contribution in [-0.4, -0.2) is 37.6 Å². The van der Waals surface area contributed by atoms with E-state index in [0.717, 1.165) is 11.8 Å². The van der Waals surface area contributed by atoms with E-state index < -0.39 is 0 Å². The molecule has 3 unspecified atom stereocenters. The van der Waals surface area contributed by atoms with Crippen molar-refractivity contribution in [3.05, 3.63) is 35.9 Å². The first-order valence-electron chi connectivity index (χ1n) is 7.69. The molecule has 0 spiro atoms. The molecule has 1 N–H and O–H groups in total. The van der Waals surface area contributed by atoms with Gasteiger partial charge in [0, 0.05) is 19.1 Å². The third kappa shape index (κ3) is 3.80. The van der Waals surface area contributed by atoms with Crippen LogP contribution in [0.2, 0.25) is 0 Å². The van der Waals surface area contributed by atoms with Gasteiger partial charge in [0.1, 0.15) is 0 Å². The smallest absolute Gasteiger partial charge is 0.0217 e. The zero-order valence-electron chi connectivity index (χ0n) is 12.6. The van der Waals surface area contributed by atoms with Crippen molar-refractivity contribution in [3.8, 4) is 0 Å². The first-order valence-corrected chi connectivity index (χ1v) is 7.69. The van der Waals surface area contributed by atoms with E-state index in [0.29, 0.717) is 6.04 Å². The predicted molar refractivity (Wildman–Crippen MR) is 82.5 cm³/mol. The molecule has 0 bridgehead atoms.